The van der Waals surface area contributed by atoms with Gasteiger partial charge in [-0.05, 0) is 44.0 Å². The average molecular weight is 279 g/mol. The monoisotopic (exact) mass is 279 g/mol. The van der Waals surface area contributed by atoms with Crippen molar-refractivity contribution in [3.8, 4) is 5.75 Å². The molecule has 0 heterocycles. The molecule has 1 aromatic rings. The largest absolute Gasteiger partial charge is 0.493 e. The number of rotatable bonds is 6. The van der Waals surface area contributed by atoms with Gasteiger partial charge in [-0.25, -0.2) is 4.79 Å². The zero-order valence-electron chi connectivity index (χ0n) is 12.3. The molecule has 0 bridgehead atoms. The first-order valence-electron chi connectivity index (χ1n) is 6.51. The molecule has 0 saturated heterocycles. The van der Waals surface area contributed by atoms with Gasteiger partial charge in [0.2, 0.25) is 5.91 Å². The van der Waals surface area contributed by atoms with Gasteiger partial charge in [-0.15, -0.1) is 0 Å². The first-order valence-corrected chi connectivity index (χ1v) is 6.51. The van der Waals surface area contributed by atoms with E-state index < -0.39 is 12.0 Å². The van der Waals surface area contributed by atoms with Crippen LogP contribution in [0.15, 0.2) is 18.2 Å². The van der Waals surface area contributed by atoms with E-state index in [-0.39, 0.29) is 18.9 Å². The highest BCUT2D eigenvalue weighted by Crippen LogP contribution is 2.16. The second kappa shape index (κ2) is 6.93. The van der Waals surface area contributed by atoms with E-state index in [9.17, 15) is 9.59 Å². The highest BCUT2D eigenvalue weighted by Gasteiger charge is 2.21. The fourth-order valence-corrected chi connectivity index (χ4v) is 1.62. The van der Waals surface area contributed by atoms with E-state index in [0.29, 0.717) is 0 Å². The Bertz CT molecular complexity index is 499. The molecule has 0 aliphatic carbocycles. The van der Waals surface area contributed by atoms with E-state index in [0.717, 1.165) is 11.3 Å². The number of hydrogen-bond donors (Lipinski definition) is 1. The minimum atomic E-state index is -1.02. The number of hydrogen-bond acceptors (Lipinski definition) is 3. The number of aryl methyl sites for hydroxylation is 2. The summed E-state index contributed by atoms with van der Waals surface area (Å²) in [4.78, 5) is 23.8. The lowest BCUT2D eigenvalue weighted by atomic mass is 10.1. The Kier molecular flexibility index (Phi) is 5.55. The van der Waals surface area contributed by atoms with Crippen LogP contribution in [0.1, 0.15) is 24.5 Å². The number of carboxylic acids is 1. The summed E-state index contributed by atoms with van der Waals surface area (Å²) in [5, 5.41) is 8.84. The summed E-state index contributed by atoms with van der Waals surface area (Å²) < 4.78 is 5.51. The molecule has 1 amide bonds. The van der Waals surface area contributed by atoms with Crippen molar-refractivity contribution >= 4 is 11.9 Å². The third kappa shape index (κ3) is 4.26. The van der Waals surface area contributed by atoms with Crippen molar-refractivity contribution in [1.29, 1.82) is 0 Å². The number of benzene rings is 1. The second-order valence-corrected chi connectivity index (χ2v) is 4.86. The van der Waals surface area contributed by atoms with Crippen LogP contribution in [0.25, 0.3) is 0 Å². The van der Waals surface area contributed by atoms with E-state index in [1.54, 1.807) is 0 Å². The maximum absolute atomic E-state index is 11.8. The van der Waals surface area contributed by atoms with Gasteiger partial charge < -0.3 is 14.7 Å². The molecule has 0 aliphatic rings. The molecule has 1 N–H and O–H groups in total. The van der Waals surface area contributed by atoms with Gasteiger partial charge in [0, 0.05) is 7.05 Å². The Morgan fingerprint density at radius 2 is 1.95 bits per heavy atom. The summed E-state index contributed by atoms with van der Waals surface area (Å²) in [5.74, 6) is -0.547. The van der Waals surface area contributed by atoms with Gasteiger partial charge in [0.25, 0.3) is 0 Å². The van der Waals surface area contributed by atoms with Crippen molar-refractivity contribution < 1.29 is 19.4 Å². The van der Waals surface area contributed by atoms with Crippen LogP contribution in [0.4, 0.5) is 0 Å². The van der Waals surface area contributed by atoms with E-state index in [1.807, 2.05) is 32.0 Å². The summed E-state index contributed by atoms with van der Waals surface area (Å²) in [5.41, 5.74) is 2.31. The fraction of sp³-hybridized carbons (Fsp3) is 0.467. The normalized spacial score (nSPS) is 11.8. The molecule has 110 valence electrons. The third-order valence-corrected chi connectivity index (χ3v) is 3.39. The molecule has 1 unspecified atom stereocenters. The smallest absolute Gasteiger partial charge is 0.326 e. The lowest BCUT2D eigenvalue weighted by Crippen LogP contribution is -2.40. The zero-order valence-corrected chi connectivity index (χ0v) is 12.3. The Morgan fingerprint density at radius 1 is 1.30 bits per heavy atom. The Hall–Kier alpha value is -2.04. The van der Waals surface area contributed by atoms with Crippen LogP contribution < -0.4 is 4.74 Å². The van der Waals surface area contributed by atoms with Crippen molar-refractivity contribution in [2.45, 2.75) is 33.2 Å². The molecular weight excluding hydrogens is 258 g/mol. The Labute approximate surface area is 119 Å². The molecule has 1 rings (SSSR count). The van der Waals surface area contributed by atoms with Gasteiger partial charge in [0.05, 0.1) is 13.0 Å². The number of amides is 1. The molecule has 0 fully saturated rings. The SMILES string of the molecule is Cc1ccc(OCCC(=O)N(C)C(C)C(=O)O)cc1C. The molecule has 5 nitrogen and oxygen atoms in total. The van der Waals surface area contributed by atoms with Gasteiger partial charge in [-0.2, -0.15) is 0 Å². The number of aliphatic carboxylic acids is 1. The highest BCUT2D eigenvalue weighted by atomic mass is 16.5. The van der Waals surface area contributed by atoms with Crippen LogP contribution in [0.2, 0.25) is 0 Å². The summed E-state index contributed by atoms with van der Waals surface area (Å²) >= 11 is 0. The van der Waals surface area contributed by atoms with Crippen molar-refractivity contribution in [2.24, 2.45) is 0 Å². The number of nitrogens with zero attached hydrogens (tertiary/aromatic N) is 1. The molecule has 0 aromatic heterocycles. The van der Waals surface area contributed by atoms with E-state index in [1.165, 1.54) is 24.4 Å². The van der Waals surface area contributed by atoms with Crippen molar-refractivity contribution in [2.75, 3.05) is 13.7 Å². The first kappa shape index (κ1) is 16.0. The summed E-state index contributed by atoms with van der Waals surface area (Å²) in [7, 11) is 1.48. The van der Waals surface area contributed by atoms with E-state index in [4.69, 9.17) is 9.84 Å². The molecule has 0 aliphatic heterocycles. The van der Waals surface area contributed by atoms with E-state index >= 15 is 0 Å². The molecule has 0 spiro atoms. The van der Waals surface area contributed by atoms with Crippen LogP contribution in [0, 0.1) is 13.8 Å². The maximum Gasteiger partial charge on any atom is 0.326 e. The van der Waals surface area contributed by atoms with Gasteiger partial charge >= 0.3 is 5.97 Å². The lowest BCUT2D eigenvalue weighted by Gasteiger charge is -2.21. The zero-order chi connectivity index (χ0) is 15.3. The van der Waals surface area contributed by atoms with Crippen LogP contribution in [-0.2, 0) is 9.59 Å². The Morgan fingerprint density at radius 3 is 2.50 bits per heavy atom. The lowest BCUT2D eigenvalue weighted by molar-refractivity contribution is -0.148. The van der Waals surface area contributed by atoms with Gasteiger partial charge in [0.15, 0.2) is 0 Å². The second-order valence-electron chi connectivity index (χ2n) is 4.86. The molecule has 20 heavy (non-hydrogen) atoms. The average Bonchev–Trinajstić information content (AvgIpc) is 2.40. The maximum atomic E-state index is 11.8. The standard InChI is InChI=1S/C15H21NO4/c1-10-5-6-13(9-11(10)2)20-8-7-14(17)16(4)12(3)15(18)19/h5-6,9,12H,7-8H2,1-4H3,(H,18,19). The third-order valence-electron chi connectivity index (χ3n) is 3.39. The minimum absolute atomic E-state index is 0.154. The van der Waals surface area contributed by atoms with Crippen molar-refractivity contribution in [1.82, 2.24) is 4.90 Å². The van der Waals surface area contributed by atoms with Crippen LogP contribution >= 0.6 is 0 Å². The summed E-state index contributed by atoms with van der Waals surface area (Å²) in [6.07, 6.45) is 0.154. The van der Waals surface area contributed by atoms with Crippen molar-refractivity contribution in [3.63, 3.8) is 0 Å². The number of carbonyl (C=O) groups is 2. The van der Waals surface area contributed by atoms with Gasteiger partial charge in [-0.3, -0.25) is 4.79 Å². The highest BCUT2D eigenvalue weighted by molar-refractivity contribution is 5.83. The molecule has 5 heteroatoms. The molecule has 1 atom stereocenters. The van der Waals surface area contributed by atoms with E-state index in [2.05, 4.69) is 0 Å². The number of likely N-dealkylation sites (N-methyl/N-ethyl adjacent to an activating group) is 1. The number of carboxylic acid groups (broad SMARTS) is 1. The molecule has 0 saturated carbocycles. The quantitative estimate of drug-likeness (QED) is 0.865. The minimum Gasteiger partial charge on any atom is -0.493 e. The fourth-order valence-electron chi connectivity index (χ4n) is 1.62. The number of ether oxygens (including phenoxy) is 1. The topological polar surface area (TPSA) is 66.8 Å². The van der Waals surface area contributed by atoms with Crippen LogP contribution in [0.5, 0.6) is 5.75 Å². The Balaban J connectivity index is 2.45. The molecule has 1 aromatic carbocycles. The molecule has 0 radical (unpaired) electrons. The predicted molar refractivity (Wildman–Crippen MR) is 75.9 cm³/mol. The summed E-state index contributed by atoms with van der Waals surface area (Å²) in [6.45, 7) is 5.73. The van der Waals surface area contributed by atoms with Crippen LogP contribution in [-0.4, -0.2) is 41.6 Å². The number of carbonyl (C=O) groups excluding carboxylic acids is 1. The summed E-state index contributed by atoms with van der Waals surface area (Å²) in [6, 6.07) is 4.91. The van der Waals surface area contributed by atoms with Gasteiger partial charge in [0.1, 0.15) is 11.8 Å². The predicted octanol–water partition coefficient (Wildman–Crippen LogP) is 2.00. The van der Waals surface area contributed by atoms with Crippen molar-refractivity contribution in [3.05, 3.63) is 29.3 Å². The molecular formula is C15H21NO4. The van der Waals surface area contributed by atoms with Gasteiger partial charge in [-0.1, -0.05) is 6.07 Å². The first-order chi connectivity index (χ1) is 9.32. The van der Waals surface area contributed by atoms with Crippen LogP contribution in [0.3, 0.4) is 0 Å².